The summed E-state index contributed by atoms with van der Waals surface area (Å²) in [6.45, 7) is 6.32. The minimum Gasteiger partial charge on any atom is -0.289 e. The third-order valence-corrected chi connectivity index (χ3v) is 1.19. The number of hydrogen-bond acceptors (Lipinski definition) is 3. The van der Waals surface area contributed by atoms with Crippen LogP contribution in [0.1, 0.15) is 20.3 Å². The van der Waals surface area contributed by atoms with Crippen LogP contribution in [0.5, 0.6) is 0 Å². The maximum absolute atomic E-state index is 10.8. The average Bonchev–Trinajstić information content (AvgIpc) is 2.02. The standard InChI is InChI=1S/C8H11NO3/c1-4-6(10)8(12)9-7(11)5(2)3/h2,4H2,1,3H3,(H,9,11,12). The van der Waals surface area contributed by atoms with E-state index < -0.39 is 17.6 Å². The molecular weight excluding hydrogens is 158 g/mol. The molecule has 0 unspecified atom stereocenters. The Balaban J connectivity index is 4.11. The van der Waals surface area contributed by atoms with Gasteiger partial charge in [-0.1, -0.05) is 13.5 Å². The van der Waals surface area contributed by atoms with Crippen molar-refractivity contribution in [2.45, 2.75) is 20.3 Å². The fraction of sp³-hybridized carbons (Fsp3) is 0.375. The van der Waals surface area contributed by atoms with Crippen LogP contribution in [0.25, 0.3) is 0 Å². The molecule has 0 spiro atoms. The van der Waals surface area contributed by atoms with Gasteiger partial charge in [0.2, 0.25) is 5.78 Å². The molecule has 0 fully saturated rings. The Hall–Kier alpha value is -1.45. The highest BCUT2D eigenvalue weighted by Gasteiger charge is 2.14. The van der Waals surface area contributed by atoms with E-state index in [1.165, 1.54) is 6.92 Å². The molecule has 0 rings (SSSR count). The molecule has 2 amide bonds. The predicted molar refractivity (Wildman–Crippen MR) is 43.3 cm³/mol. The van der Waals surface area contributed by atoms with Crippen molar-refractivity contribution in [1.82, 2.24) is 5.32 Å². The second kappa shape index (κ2) is 4.43. The van der Waals surface area contributed by atoms with Crippen molar-refractivity contribution < 1.29 is 14.4 Å². The number of imide groups is 1. The first-order valence-corrected chi connectivity index (χ1v) is 3.53. The lowest BCUT2D eigenvalue weighted by molar-refractivity contribution is -0.140. The quantitative estimate of drug-likeness (QED) is 0.484. The van der Waals surface area contributed by atoms with E-state index in [1.54, 1.807) is 6.92 Å². The molecule has 12 heavy (non-hydrogen) atoms. The minimum atomic E-state index is -0.870. The van der Waals surface area contributed by atoms with Crippen LogP contribution in [0.3, 0.4) is 0 Å². The maximum atomic E-state index is 10.8. The zero-order valence-corrected chi connectivity index (χ0v) is 7.14. The summed E-state index contributed by atoms with van der Waals surface area (Å²) in [7, 11) is 0. The summed E-state index contributed by atoms with van der Waals surface area (Å²) < 4.78 is 0. The van der Waals surface area contributed by atoms with Crippen LogP contribution in [0.2, 0.25) is 0 Å². The number of carbonyl (C=O) groups excluding carboxylic acids is 3. The van der Waals surface area contributed by atoms with Gasteiger partial charge >= 0.3 is 0 Å². The van der Waals surface area contributed by atoms with E-state index in [4.69, 9.17) is 0 Å². The highest BCUT2D eigenvalue weighted by Crippen LogP contribution is 1.87. The summed E-state index contributed by atoms with van der Waals surface area (Å²) >= 11 is 0. The Morgan fingerprint density at radius 1 is 1.25 bits per heavy atom. The van der Waals surface area contributed by atoms with Gasteiger partial charge in [0, 0.05) is 12.0 Å². The first kappa shape index (κ1) is 10.6. The summed E-state index contributed by atoms with van der Waals surface area (Å²) in [5.74, 6) is -2.09. The number of amides is 2. The topological polar surface area (TPSA) is 63.2 Å². The van der Waals surface area contributed by atoms with Crippen LogP contribution in [0.4, 0.5) is 0 Å². The molecule has 0 aliphatic carbocycles. The average molecular weight is 169 g/mol. The van der Waals surface area contributed by atoms with E-state index in [0.29, 0.717) is 0 Å². The number of carbonyl (C=O) groups is 3. The van der Waals surface area contributed by atoms with Crippen LogP contribution < -0.4 is 5.32 Å². The first-order chi connectivity index (χ1) is 5.49. The van der Waals surface area contributed by atoms with Crippen LogP contribution in [0.15, 0.2) is 12.2 Å². The van der Waals surface area contributed by atoms with Gasteiger partial charge < -0.3 is 0 Å². The summed E-state index contributed by atoms with van der Waals surface area (Å²) in [6.07, 6.45) is 0.0926. The van der Waals surface area contributed by atoms with Gasteiger partial charge in [-0.2, -0.15) is 0 Å². The van der Waals surface area contributed by atoms with Gasteiger partial charge in [0.05, 0.1) is 0 Å². The van der Waals surface area contributed by atoms with Crippen LogP contribution in [-0.2, 0) is 14.4 Å². The number of Topliss-reactive ketones (excluding diaryl/α,β-unsaturated/α-hetero) is 1. The molecule has 0 aromatic carbocycles. The molecule has 0 aliphatic rings. The third-order valence-electron chi connectivity index (χ3n) is 1.19. The Bertz CT molecular complexity index is 243. The summed E-state index contributed by atoms with van der Waals surface area (Å²) in [4.78, 5) is 32.2. The Labute approximate surface area is 70.6 Å². The molecule has 0 bridgehead atoms. The van der Waals surface area contributed by atoms with Crippen molar-refractivity contribution >= 4 is 17.6 Å². The van der Waals surface area contributed by atoms with E-state index in [2.05, 4.69) is 6.58 Å². The first-order valence-electron chi connectivity index (χ1n) is 3.53. The molecule has 1 N–H and O–H groups in total. The Morgan fingerprint density at radius 3 is 2.08 bits per heavy atom. The molecular formula is C8H11NO3. The van der Waals surface area contributed by atoms with E-state index in [1.807, 2.05) is 5.32 Å². The third kappa shape index (κ3) is 3.09. The molecule has 0 saturated carbocycles. The van der Waals surface area contributed by atoms with Gasteiger partial charge in [0.1, 0.15) is 0 Å². The summed E-state index contributed by atoms with van der Waals surface area (Å²) in [6, 6.07) is 0. The summed E-state index contributed by atoms with van der Waals surface area (Å²) in [5.41, 5.74) is 0.201. The number of nitrogens with one attached hydrogen (secondary N) is 1. The van der Waals surface area contributed by atoms with Crippen molar-refractivity contribution in [2.24, 2.45) is 0 Å². The largest absolute Gasteiger partial charge is 0.294 e. The van der Waals surface area contributed by atoms with Crippen LogP contribution in [-0.4, -0.2) is 17.6 Å². The molecule has 0 aromatic rings. The van der Waals surface area contributed by atoms with Crippen LogP contribution in [0, 0.1) is 0 Å². The molecule has 0 heterocycles. The van der Waals surface area contributed by atoms with Crippen molar-refractivity contribution in [2.75, 3.05) is 0 Å². The molecule has 4 heteroatoms. The monoisotopic (exact) mass is 169 g/mol. The number of ketones is 1. The van der Waals surface area contributed by atoms with E-state index in [9.17, 15) is 14.4 Å². The van der Waals surface area contributed by atoms with E-state index in [0.717, 1.165) is 0 Å². The van der Waals surface area contributed by atoms with Crippen molar-refractivity contribution in [3.63, 3.8) is 0 Å². The smallest absolute Gasteiger partial charge is 0.289 e. The van der Waals surface area contributed by atoms with Crippen LogP contribution >= 0.6 is 0 Å². The highest BCUT2D eigenvalue weighted by molar-refractivity contribution is 6.39. The normalized spacial score (nSPS) is 8.83. The van der Waals surface area contributed by atoms with Gasteiger partial charge in [-0.15, -0.1) is 0 Å². The molecule has 4 nitrogen and oxygen atoms in total. The molecule has 0 saturated heterocycles. The molecule has 0 aromatic heterocycles. The molecule has 0 atom stereocenters. The van der Waals surface area contributed by atoms with E-state index in [-0.39, 0.29) is 12.0 Å². The lowest BCUT2D eigenvalue weighted by atomic mass is 10.2. The zero-order valence-electron chi connectivity index (χ0n) is 7.14. The number of rotatable bonds is 3. The fourth-order valence-electron chi connectivity index (χ4n) is 0.440. The van der Waals surface area contributed by atoms with Gasteiger partial charge in [0.25, 0.3) is 11.8 Å². The SMILES string of the molecule is C=C(C)C(=O)NC(=O)C(=O)CC. The second-order valence-electron chi connectivity index (χ2n) is 2.34. The van der Waals surface area contributed by atoms with Gasteiger partial charge in [-0.3, -0.25) is 19.7 Å². The van der Waals surface area contributed by atoms with Gasteiger partial charge in [-0.05, 0) is 6.92 Å². The van der Waals surface area contributed by atoms with Gasteiger partial charge in [0.15, 0.2) is 0 Å². The highest BCUT2D eigenvalue weighted by atomic mass is 16.2. The minimum absolute atomic E-state index is 0.0926. The molecule has 0 aliphatic heterocycles. The lowest BCUT2D eigenvalue weighted by Crippen LogP contribution is -2.35. The zero-order chi connectivity index (χ0) is 9.72. The Kier molecular flexibility index (Phi) is 3.90. The lowest BCUT2D eigenvalue weighted by Gasteiger charge is -1.99. The predicted octanol–water partition coefficient (Wildman–Crippen LogP) is 0.184. The Morgan fingerprint density at radius 2 is 1.75 bits per heavy atom. The van der Waals surface area contributed by atoms with Crippen molar-refractivity contribution in [1.29, 1.82) is 0 Å². The van der Waals surface area contributed by atoms with Crippen molar-refractivity contribution in [3.05, 3.63) is 12.2 Å². The fourth-order valence-corrected chi connectivity index (χ4v) is 0.440. The number of hydrogen-bond donors (Lipinski definition) is 1. The summed E-state index contributed by atoms with van der Waals surface area (Å²) in [5, 5.41) is 1.90. The molecule has 66 valence electrons. The second-order valence-corrected chi connectivity index (χ2v) is 2.34. The maximum Gasteiger partial charge on any atom is 0.294 e. The van der Waals surface area contributed by atoms with Crippen molar-refractivity contribution in [3.8, 4) is 0 Å². The van der Waals surface area contributed by atoms with E-state index >= 15 is 0 Å². The molecule has 0 radical (unpaired) electrons. The van der Waals surface area contributed by atoms with Gasteiger partial charge in [-0.25, -0.2) is 0 Å².